The van der Waals surface area contributed by atoms with E-state index in [2.05, 4.69) is 33.7 Å². The summed E-state index contributed by atoms with van der Waals surface area (Å²) in [6.45, 7) is 7.26. The van der Waals surface area contributed by atoms with Crippen molar-refractivity contribution in [3.63, 3.8) is 0 Å². The van der Waals surface area contributed by atoms with Crippen molar-refractivity contribution in [3.05, 3.63) is 17.6 Å². The van der Waals surface area contributed by atoms with Gasteiger partial charge < -0.3 is 4.90 Å². The largest absolute Gasteiger partial charge is 0.353 e. The molecule has 1 aromatic heterocycles. The fraction of sp³-hybridized carbons (Fsp3) is 0.692. The maximum absolute atomic E-state index is 5.99. The highest BCUT2D eigenvalue weighted by Crippen LogP contribution is 2.22. The first-order valence-electron chi connectivity index (χ1n) is 6.49. The Morgan fingerprint density at radius 2 is 2.22 bits per heavy atom. The van der Waals surface area contributed by atoms with E-state index in [9.17, 15) is 0 Å². The van der Waals surface area contributed by atoms with Gasteiger partial charge in [-0.1, -0.05) is 6.92 Å². The molecule has 100 valence electrons. The number of rotatable bonds is 3. The number of anilines is 1. The average molecular weight is 269 g/mol. The van der Waals surface area contributed by atoms with Crippen molar-refractivity contribution in [2.24, 2.45) is 0 Å². The Balaban J connectivity index is 2.23. The fourth-order valence-corrected chi connectivity index (χ4v) is 2.62. The lowest BCUT2D eigenvalue weighted by atomic mass is 10.1. The molecule has 0 amide bonds. The van der Waals surface area contributed by atoms with E-state index in [1.807, 2.05) is 13.1 Å². The predicted molar refractivity (Wildman–Crippen MR) is 75.2 cm³/mol. The minimum absolute atomic E-state index is 0.471. The van der Waals surface area contributed by atoms with Crippen molar-refractivity contribution in [1.82, 2.24) is 14.9 Å². The maximum Gasteiger partial charge on any atom is 0.136 e. The molecular formula is C13H21ClN4. The first-order chi connectivity index (χ1) is 8.65. The summed E-state index contributed by atoms with van der Waals surface area (Å²) in [4.78, 5) is 13.6. The van der Waals surface area contributed by atoms with E-state index in [-0.39, 0.29) is 0 Å². The van der Waals surface area contributed by atoms with Gasteiger partial charge in [-0.05, 0) is 20.4 Å². The highest BCUT2D eigenvalue weighted by atomic mass is 35.5. The first-order valence-corrected chi connectivity index (χ1v) is 7.02. The van der Waals surface area contributed by atoms with Crippen molar-refractivity contribution >= 4 is 17.4 Å². The Bertz CT molecular complexity index is 410. The third-order valence-electron chi connectivity index (χ3n) is 3.65. The molecule has 4 nitrogen and oxygen atoms in total. The van der Waals surface area contributed by atoms with Gasteiger partial charge >= 0.3 is 0 Å². The van der Waals surface area contributed by atoms with Crippen LogP contribution in [0, 0.1) is 6.92 Å². The number of alkyl halides is 1. The number of hydrogen-bond acceptors (Lipinski definition) is 4. The van der Waals surface area contributed by atoms with E-state index in [0.717, 1.165) is 43.3 Å². The van der Waals surface area contributed by atoms with E-state index in [4.69, 9.17) is 11.6 Å². The van der Waals surface area contributed by atoms with Gasteiger partial charge in [0.25, 0.3) is 0 Å². The second-order valence-corrected chi connectivity index (χ2v) is 5.16. The van der Waals surface area contributed by atoms with Crippen molar-refractivity contribution in [2.45, 2.75) is 32.2 Å². The third kappa shape index (κ3) is 2.75. The predicted octanol–water partition coefficient (Wildman–Crippen LogP) is 2.05. The molecule has 1 unspecified atom stereocenters. The molecule has 0 aromatic carbocycles. The summed E-state index contributed by atoms with van der Waals surface area (Å²) < 4.78 is 0. The first kappa shape index (κ1) is 13.6. The summed E-state index contributed by atoms with van der Waals surface area (Å²) in [6.07, 6.45) is 3.01. The maximum atomic E-state index is 5.99. The molecule has 0 radical (unpaired) electrons. The Labute approximate surface area is 114 Å². The molecule has 1 atom stereocenters. The van der Waals surface area contributed by atoms with Crippen LogP contribution in [0.3, 0.4) is 0 Å². The SMILES string of the molecule is CCC1CN(c2nc(C)ncc2CCl)CCN1C. The van der Waals surface area contributed by atoms with E-state index >= 15 is 0 Å². The van der Waals surface area contributed by atoms with Crippen LogP contribution >= 0.6 is 11.6 Å². The second-order valence-electron chi connectivity index (χ2n) is 4.89. The zero-order chi connectivity index (χ0) is 13.1. The molecule has 0 saturated carbocycles. The molecule has 1 aliphatic heterocycles. The number of halogens is 1. The molecule has 1 saturated heterocycles. The van der Waals surface area contributed by atoms with E-state index < -0.39 is 0 Å². The minimum atomic E-state index is 0.471. The molecule has 18 heavy (non-hydrogen) atoms. The van der Waals surface area contributed by atoms with Crippen LogP contribution < -0.4 is 4.90 Å². The monoisotopic (exact) mass is 268 g/mol. The topological polar surface area (TPSA) is 32.3 Å². The van der Waals surface area contributed by atoms with Gasteiger partial charge in [0.2, 0.25) is 0 Å². The molecule has 0 spiro atoms. The van der Waals surface area contributed by atoms with Gasteiger partial charge in [0, 0.05) is 37.4 Å². The molecular weight excluding hydrogens is 248 g/mol. The Morgan fingerprint density at radius 1 is 1.44 bits per heavy atom. The fourth-order valence-electron chi connectivity index (χ4n) is 2.43. The summed E-state index contributed by atoms with van der Waals surface area (Å²) >= 11 is 5.99. The smallest absolute Gasteiger partial charge is 0.136 e. The highest BCUT2D eigenvalue weighted by Gasteiger charge is 2.25. The summed E-state index contributed by atoms with van der Waals surface area (Å²) in [5.41, 5.74) is 1.03. The van der Waals surface area contributed by atoms with E-state index in [0.29, 0.717) is 11.9 Å². The lowest BCUT2D eigenvalue weighted by molar-refractivity contribution is 0.212. The van der Waals surface area contributed by atoms with Gasteiger partial charge in [0.05, 0.1) is 5.88 Å². The van der Waals surface area contributed by atoms with Crippen LogP contribution in [0.4, 0.5) is 5.82 Å². The number of likely N-dealkylation sites (N-methyl/N-ethyl adjacent to an activating group) is 1. The van der Waals surface area contributed by atoms with Crippen LogP contribution in [0.2, 0.25) is 0 Å². The third-order valence-corrected chi connectivity index (χ3v) is 3.94. The van der Waals surface area contributed by atoms with Gasteiger partial charge in [-0.3, -0.25) is 4.90 Å². The standard InChI is InChI=1S/C13H21ClN4/c1-4-12-9-18(6-5-17(12)3)13-11(7-14)8-15-10(2)16-13/h8,12H,4-7,9H2,1-3H3. The van der Waals surface area contributed by atoms with Gasteiger partial charge in [0.1, 0.15) is 11.6 Å². The highest BCUT2D eigenvalue weighted by molar-refractivity contribution is 6.17. The Kier molecular flexibility index (Phi) is 4.40. The number of aryl methyl sites for hydroxylation is 1. The Hall–Kier alpha value is -0.870. The van der Waals surface area contributed by atoms with Gasteiger partial charge in [0.15, 0.2) is 0 Å². The van der Waals surface area contributed by atoms with E-state index in [1.54, 1.807) is 0 Å². The van der Waals surface area contributed by atoms with Crippen LogP contribution in [0.15, 0.2) is 6.20 Å². The Morgan fingerprint density at radius 3 is 2.89 bits per heavy atom. The quantitative estimate of drug-likeness (QED) is 0.786. The molecule has 2 heterocycles. The molecule has 0 bridgehead atoms. The number of hydrogen-bond donors (Lipinski definition) is 0. The second kappa shape index (κ2) is 5.85. The van der Waals surface area contributed by atoms with Crippen molar-refractivity contribution in [3.8, 4) is 0 Å². The lowest BCUT2D eigenvalue weighted by Crippen LogP contribution is -2.51. The summed E-state index contributed by atoms with van der Waals surface area (Å²) in [5.74, 6) is 2.30. The number of piperazine rings is 1. The summed E-state index contributed by atoms with van der Waals surface area (Å²) in [7, 11) is 2.19. The molecule has 1 aliphatic rings. The van der Waals surface area contributed by atoms with Gasteiger partial charge in [-0.2, -0.15) is 0 Å². The molecule has 0 aliphatic carbocycles. The molecule has 1 aromatic rings. The summed E-state index contributed by atoms with van der Waals surface area (Å²) in [6, 6.07) is 0.595. The van der Waals surface area contributed by atoms with Crippen LogP contribution in [0.5, 0.6) is 0 Å². The number of aromatic nitrogens is 2. The van der Waals surface area contributed by atoms with Crippen molar-refractivity contribution in [2.75, 3.05) is 31.6 Å². The molecule has 0 N–H and O–H groups in total. The average Bonchev–Trinajstić information content (AvgIpc) is 2.39. The summed E-state index contributed by atoms with van der Waals surface area (Å²) in [5, 5.41) is 0. The molecule has 1 fully saturated rings. The minimum Gasteiger partial charge on any atom is -0.353 e. The van der Waals surface area contributed by atoms with Crippen LogP contribution in [-0.4, -0.2) is 47.6 Å². The van der Waals surface area contributed by atoms with Crippen LogP contribution in [0.25, 0.3) is 0 Å². The van der Waals surface area contributed by atoms with Gasteiger partial charge in [-0.15, -0.1) is 11.6 Å². The zero-order valence-electron chi connectivity index (χ0n) is 11.4. The van der Waals surface area contributed by atoms with Crippen molar-refractivity contribution in [1.29, 1.82) is 0 Å². The van der Waals surface area contributed by atoms with Crippen LogP contribution in [-0.2, 0) is 5.88 Å². The number of nitrogens with zero attached hydrogens (tertiary/aromatic N) is 4. The van der Waals surface area contributed by atoms with Gasteiger partial charge in [-0.25, -0.2) is 9.97 Å². The normalized spacial score (nSPS) is 21.3. The molecule has 2 rings (SSSR count). The lowest BCUT2D eigenvalue weighted by Gasteiger charge is -2.40. The van der Waals surface area contributed by atoms with Crippen molar-refractivity contribution < 1.29 is 0 Å². The molecule has 5 heteroatoms. The van der Waals surface area contributed by atoms with E-state index in [1.165, 1.54) is 0 Å². The van der Waals surface area contributed by atoms with Crippen LogP contribution in [0.1, 0.15) is 24.7 Å². The zero-order valence-corrected chi connectivity index (χ0v) is 12.1.